The van der Waals surface area contributed by atoms with Crippen molar-refractivity contribution in [2.24, 2.45) is 5.92 Å². The monoisotopic (exact) mass is 162 g/mol. The Morgan fingerprint density at radius 3 is 3.08 bits per heavy atom. The van der Waals surface area contributed by atoms with Crippen molar-refractivity contribution in [3.8, 4) is 12.3 Å². The van der Waals surface area contributed by atoms with Crippen molar-refractivity contribution in [2.45, 2.75) is 25.9 Å². The van der Waals surface area contributed by atoms with Crippen LogP contribution in [0, 0.1) is 18.3 Å². The predicted octanol–water partition coefficient (Wildman–Crippen LogP) is 1.89. The molecule has 2 unspecified atom stereocenters. The van der Waals surface area contributed by atoms with Gasteiger partial charge in [0.1, 0.15) is 6.10 Å². The fourth-order valence-corrected chi connectivity index (χ4v) is 1.36. The first kappa shape index (κ1) is 9.09. The second-order valence-corrected chi connectivity index (χ2v) is 3.15. The van der Waals surface area contributed by atoms with Gasteiger partial charge in [0, 0.05) is 0 Å². The maximum Gasteiger partial charge on any atom is 0.135 e. The smallest absolute Gasteiger partial charge is 0.135 e. The molecule has 1 nitrogen and oxygen atoms in total. The number of terminal acetylenes is 1. The molecule has 1 rings (SSSR count). The summed E-state index contributed by atoms with van der Waals surface area (Å²) in [5.74, 6) is 2.78. The lowest BCUT2D eigenvalue weighted by atomic mass is 10.0. The van der Waals surface area contributed by atoms with Crippen molar-refractivity contribution in [2.75, 3.05) is 0 Å². The maximum absolute atomic E-state index is 9.26. The first-order valence-electron chi connectivity index (χ1n) is 4.23. The van der Waals surface area contributed by atoms with Crippen LogP contribution < -0.4 is 0 Å². The minimum atomic E-state index is -0.709. The van der Waals surface area contributed by atoms with Gasteiger partial charge in [0.25, 0.3) is 0 Å². The number of aliphatic hydroxyl groups excluding tert-OH is 1. The van der Waals surface area contributed by atoms with Crippen molar-refractivity contribution in [1.82, 2.24) is 0 Å². The van der Waals surface area contributed by atoms with Crippen LogP contribution in [-0.4, -0.2) is 11.2 Å². The molecule has 0 saturated carbocycles. The van der Waals surface area contributed by atoms with Crippen LogP contribution in [0.1, 0.15) is 19.8 Å². The molecule has 0 aromatic carbocycles. The average molecular weight is 162 g/mol. The Balaban J connectivity index is 2.56. The van der Waals surface area contributed by atoms with Crippen LogP contribution in [0.15, 0.2) is 23.8 Å². The van der Waals surface area contributed by atoms with Gasteiger partial charge in [-0.05, 0) is 31.3 Å². The van der Waals surface area contributed by atoms with Crippen molar-refractivity contribution in [1.29, 1.82) is 0 Å². The molecular weight excluding hydrogens is 148 g/mol. The Kier molecular flexibility index (Phi) is 3.13. The van der Waals surface area contributed by atoms with Gasteiger partial charge in [-0.25, -0.2) is 0 Å². The zero-order chi connectivity index (χ0) is 8.97. The van der Waals surface area contributed by atoms with E-state index < -0.39 is 6.10 Å². The largest absolute Gasteiger partial charge is 0.376 e. The second kappa shape index (κ2) is 4.13. The van der Waals surface area contributed by atoms with Crippen molar-refractivity contribution in [3.05, 3.63) is 23.8 Å². The Bertz CT molecular complexity index is 242. The molecule has 0 bridgehead atoms. The maximum atomic E-state index is 9.26. The molecule has 0 radical (unpaired) electrons. The third kappa shape index (κ3) is 2.25. The van der Waals surface area contributed by atoms with Crippen LogP contribution in [-0.2, 0) is 0 Å². The highest BCUT2D eigenvalue weighted by Crippen LogP contribution is 2.20. The van der Waals surface area contributed by atoms with Gasteiger partial charge in [0.05, 0.1) is 0 Å². The molecule has 2 atom stereocenters. The van der Waals surface area contributed by atoms with E-state index in [-0.39, 0.29) is 0 Å². The van der Waals surface area contributed by atoms with E-state index in [1.165, 1.54) is 0 Å². The van der Waals surface area contributed by atoms with Gasteiger partial charge in [0.15, 0.2) is 0 Å². The molecule has 0 aliphatic heterocycles. The first-order valence-corrected chi connectivity index (χ1v) is 4.23. The zero-order valence-electron chi connectivity index (χ0n) is 7.33. The molecule has 1 aliphatic carbocycles. The number of rotatable bonds is 2. The van der Waals surface area contributed by atoms with E-state index in [0.717, 1.165) is 18.4 Å². The van der Waals surface area contributed by atoms with E-state index >= 15 is 0 Å². The van der Waals surface area contributed by atoms with E-state index in [9.17, 15) is 5.11 Å². The Hall–Kier alpha value is -1.00. The highest BCUT2D eigenvalue weighted by atomic mass is 16.3. The fraction of sp³-hybridized carbons (Fsp3) is 0.455. The van der Waals surface area contributed by atoms with Crippen LogP contribution in [0.25, 0.3) is 0 Å². The van der Waals surface area contributed by atoms with E-state index in [1.54, 1.807) is 0 Å². The minimum absolute atomic E-state index is 0.480. The number of hydrogen-bond acceptors (Lipinski definition) is 1. The van der Waals surface area contributed by atoms with Crippen molar-refractivity contribution in [3.63, 3.8) is 0 Å². The summed E-state index contributed by atoms with van der Waals surface area (Å²) in [5, 5.41) is 9.26. The highest BCUT2D eigenvalue weighted by molar-refractivity contribution is 5.20. The molecule has 64 valence electrons. The van der Waals surface area contributed by atoms with Crippen LogP contribution in [0.5, 0.6) is 0 Å². The van der Waals surface area contributed by atoms with E-state index in [2.05, 4.69) is 18.1 Å². The molecule has 0 fully saturated rings. The molecule has 12 heavy (non-hydrogen) atoms. The SMILES string of the molecule is C#CC(O)C(C)=CC1C=CCC1. The Morgan fingerprint density at radius 1 is 1.83 bits per heavy atom. The lowest BCUT2D eigenvalue weighted by Gasteiger charge is -2.06. The fourth-order valence-electron chi connectivity index (χ4n) is 1.36. The van der Waals surface area contributed by atoms with E-state index in [0.29, 0.717) is 5.92 Å². The van der Waals surface area contributed by atoms with Crippen LogP contribution in [0.4, 0.5) is 0 Å². The van der Waals surface area contributed by atoms with Gasteiger partial charge in [-0.1, -0.05) is 24.1 Å². The summed E-state index contributed by atoms with van der Waals surface area (Å²) in [6.07, 6.45) is 13.0. The van der Waals surface area contributed by atoms with Crippen molar-refractivity contribution < 1.29 is 5.11 Å². The molecule has 1 heteroatoms. The van der Waals surface area contributed by atoms with Gasteiger partial charge in [-0.2, -0.15) is 0 Å². The lowest BCUT2D eigenvalue weighted by Crippen LogP contribution is -2.05. The van der Waals surface area contributed by atoms with Gasteiger partial charge in [-0.3, -0.25) is 0 Å². The Labute approximate surface area is 73.8 Å². The molecule has 0 aromatic heterocycles. The van der Waals surface area contributed by atoms with E-state index in [1.807, 2.05) is 13.0 Å². The second-order valence-electron chi connectivity index (χ2n) is 3.15. The molecule has 0 amide bonds. The Morgan fingerprint density at radius 2 is 2.58 bits per heavy atom. The number of aliphatic hydroxyl groups is 1. The van der Waals surface area contributed by atoms with Crippen LogP contribution >= 0.6 is 0 Å². The molecule has 0 saturated heterocycles. The summed E-state index contributed by atoms with van der Waals surface area (Å²) >= 11 is 0. The summed E-state index contributed by atoms with van der Waals surface area (Å²) < 4.78 is 0. The third-order valence-corrected chi connectivity index (χ3v) is 2.12. The van der Waals surface area contributed by atoms with Gasteiger partial charge in [0.2, 0.25) is 0 Å². The quantitative estimate of drug-likeness (QED) is 0.485. The summed E-state index contributed by atoms with van der Waals surface area (Å²) in [5.41, 5.74) is 0.883. The van der Waals surface area contributed by atoms with Crippen LogP contribution in [0.3, 0.4) is 0 Å². The molecule has 0 spiro atoms. The molecule has 1 N–H and O–H groups in total. The normalized spacial score (nSPS) is 25.4. The number of hydrogen-bond donors (Lipinski definition) is 1. The summed E-state index contributed by atoms with van der Waals surface area (Å²) in [4.78, 5) is 0. The molecule has 0 aromatic rings. The first-order chi connectivity index (χ1) is 5.74. The summed E-state index contributed by atoms with van der Waals surface area (Å²) in [6.45, 7) is 1.87. The molecule has 1 aliphatic rings. The average Bonchev–Trinajstić information content (AvgIpc) is 2.55. The number of allylic oxidation sites excluding steroid dienone is 3. The standard InChI is InChI=1S/C11H14O/c1-3-11(12)9(2)8-10-6-4-5-7-10/h1,4,6,8,10-12H,5,7H2,2H3. The molecule has 0 heterocycles. The van der Waals surface area contributed by atoms with Gasteiger partial charge in [-0.15, -0.1) is 6.42 Å². The lowest BCUT2D eigenvalue weighted by molar-refractivity contribution is 0.267. The van der Waals surface area contributed by atoms with E-state index in [4.69, 9.17) is 6.42 Å². The topological polar surface area (TPSA) is 20.2 Å². The summed E-state index contributed by atoms with van der Waals surface area (Å²) in [7, 11) is 0. The zero-order valence-corrected chi connectivity index (χ0v) is 7.33. The minimum Gasteiger partial charge on any atom is -0.376 e. The predicted molar refractivity (Wildman–Crippen MR) is 50.5 cm³/mol. The highest BCUT2D eigenvalue weighted by Gasteiger charge is 2.08. The van der Waals surface area contributed by atoms with Crippen molar-refractivity contribution >= 4 is 0 Å². The van der Waals surface area contributed by atoms with Gasteiger partial charge >= 0.3 is 0 Å². The molecular formula is C11H14O. The summed E-state index contributed by atoms with van der Waals surface area (Å²) in [6, 6.07) is 0. The third-order valence-electron chi connectivity index (χ3n) is 2.12. The van der Waals surface area contributed by atoms with Gasteiger partial charge < -0.3 is 5.11 Å². The van der Waals surface area contributed by atoms with Crippen LogP contribution in [0.2, 0.25) is 0 Å².